The monoisotopic (exact) mass is 292 g/mol. The minimum Gasteiger partial charge on any atom is -0.466 e. The van der Waals surface area contributed by atoms with E-state index < -0.39 is 11.8 Å². The molecule has 0 saturated heterocycles. The van der Waals surface area contributed by atoms with Gasteiger partial charge in [0.1, 0.15) is 11.6 Å². The number of ketones is 1. The minimum absolute atomic E-state index is 0.0933. The molecule has 1 aliphatic heterocycles. The molecule has 0 radical (unpaired) electrons. The second-order valence-corrected chi connectivity index (χ2v) is 5.81. The number of Topliss-reactive ketones (excluding diaryl/α,β-unsaturated/α-hetero) is 1. The van der Waals surface area contributed by atoms with E-state index in [-0.39, 0.29) is 10.5 Å². The normalized spacial score (nSPS) is 22.0. The molecule has 1 saturated carbocycles. The molecule has 1 fully saturated rings. The molecule has 2 aliphatic rings. The lowest BCUT2D eigenvalue weighted by Crippen LogP contribution is -2.29. The molecule has 5 nitrogen and oxygen atoms in total. The van der Waals surface area contributed by atoms with Crippen LogP contribution in [0.15, 0.2) is 21.6 Å². The quantitative estimate of drug-likeness (QED) is 0.633. The van der Waals surface area contributed by atoms with Crippen LogP contribution >= 0.6 is 11.8 Å². The first-order valence-electron chi connectivity index (χ1n) is 6.58. The summed E-state index contributed by atoms with van der Waals surface area (Å²) in [5, 5.41) is 13.0. The Labute approximate surface area is 122 Å². The van der Waals surface area contributed by atoms with Gasteiger partial charge < -0.3 is 10.1 Å². The van der Waals surface area contributed by atoms with Crippen LogP contribution < -0.4 is 5.32 Å². The highest BCUT2D eigenvalue weighted by Crippen LogP contribution is 2.37. The average Bonchev–Trinajstić information content (AvgIpc) is 2.75. The third kappa shape index (κ3) is 3.23. The molecule has 0 aromatic rings. The fraction of sp³-hybridized carbons (Fsp3) is 0.500. The highest BCUT2D eigenvalue weighted by molar-refractivity contribution is 8.08. The number of hydrogen-bond donors (Lipinski definition) is 1. The lowest BCUT2D eigenvalue weighted by Gasteiger charge is -2.23. The van der Waals surface area contributed by atoms with E-state index in [1.54, 1.807) is 0 Å². The number of allylic oxidation sites excluding steroid dienone is 2. The van der Waals surface area contributed by atoms with Gasteiger partial charge in [-0.3, -0.25) is 4.79 Å². The molecule has 0 unspecified atom stereocenters. The predicted octanol–water partition coefficient (Wildman–Crippen LogP) is 2.02. The van der Waals surface area contributed by atoms with Crippen molar-refractivity contribution >= 4 is 23.5 Å². The Bertz CT molecular complexity index is 525. The zero-order chi connectivity index (χ0) is 14.5. The Balaban J connectivity index is 2.12. The number of carbonyl (C=O) groups is 2. The summed E-state index contributed by atoms with van der Waals surface area (Å²) in [4.78, 5) is 23.5. The van der Waals surface area contributed by atoms with Crippen LogP contribution in [0.1, 0.15) is 32.1 Å². The Morgan fingerprint density at radius 3 is 2.75 bits per heavy atom. The third-order valence-electron chi connectivity index (χ3n) is 3.39. The molecule has 0 atom stereocenters. The molecule has 0 aromatic carbocycles. The fourth-order valence-electron chi connectivity index (χ4n) is 2.33. The average molecular weight is 292 g/mol. The van der Waals surface area contributed by atoms with Crippen LogP contribution in [0.4, 0.5) is 0 Å². The summed E-state index contributed by atoms with van der Waals surface area (Å²) in [5.74, 6) is -0.988. The Morgan fingerprint density at radius 1 is 1.45 bits per heavy atom. The number of methoxy groups -OCH3 is 1. The van der Waals surface area contributed by atoms with Crippen molar-refractivity contribution in [2.75, 3.05) is 7.11 Å². The molecule has 106 valence electrons. The van der Waals surface area contributed by atoms with Gasteiger partial charge in [-0.1, -0.05) is 31.0 Å². The standard InChI is InChI=1S/C14H16N2O3S/c1-19-12(17)7-11-13(18)10(8-15)14(20-11)16-9-5-3-2-4-6-9/h7,9,16H,2-6H2,1H3/b11-7-. The van der Waals surface area contributed by atoms with Crippen molar-refractivity contribution in [1.82, 2.24) is 5.32 Å². The van der Waals surface area contributed by atoms with E-state index in [1.165, 1.54) is 13.5 Å². The predicted molar refractivity (Wildman–Crippen MR) is 75.3 cm³/mol. The summed E-state index contributed by atoms with van der Waals surface area (Å²) < 4.78 is 4.51. The molecule has 0 aromatic heterocycles. The highest BCUT2D eigenvalue weighted by atomic mass is 32.2. The zero-order valence-corrected chi connectivity index (χ0v) is 12.1. The maximum atomic E-state index is 12.0. The van der Waals surface area contributed by atoms with Crippen molar-refractivity contribution in [2.45, 2.75) is 38.1 Å². The summed E-state index contributed by atoms with van der Waals surface area (Å²) >= 11 is 1.15. The van der Waals surface area contributed by atoms with Crippen molar-refractivity contribution in [1.29, 1.82) is 5.26 Å². The number of thioether (sulfide) groups is 1. The van der Waals surface area contributed by atoms with Crippen LogP contribution in [0, 0.1) is 11.3 Å². The Hall–Kier alpha value is -1.74. The summed E-state index contributed by atoms with van der Waals surface area (Å²) in [6.07, 6.45) is 6.80. The molecule has 0 bridgehead atoms. The molecular formula is C14H16N2O3S. The van der Waals surface area contributed by atoms with Gasteiger partial charge in [0.25, 0.3) is 0 Å². The highest BCUT2D eigenvalue weighted by Gasteiger charge is 2.31. The van der Waals surface area contributed by atoms with Crippen LogP contribution in [0.2, 0.25) is 0 Å². The molecule has 1 N–H and O–H groups in total. The molecule has 1 heterocycles. The van der Waals surface area contributed by atoms with Gasteiger partial charge in [0.05, 0.1) is 17.0 Å². The maximum absolute atomic E-state index is 12.0. The van der Waals surface area contributed by atoms with Gasteiger partial charge in [0.2, 0.25) is 5.78 Å². The molecule has 20 heavy (non-hydrogen) atoms. The minimum atomic E-state index is -0.586. The number of hydrogen-bond acceptors (Lipinski definition) is 6. The van der Waals surface area contributed by atoms with Crippen LogP contribution in [-0.4, -0.2) is 24.9 Å². The van der Waals surface area contributed by atoms with E-state index >= 15 is 0 Å². The van der Waals surface area contributed by atoms with Gasteiger partial charge >= 0.3 is 5.97 Å². The summed E-state index contributed by atoms with van der Waals surface area (Å²) in [7, 11) is 1.25. The first-order chi connectivity index (χ1) is 9.65. The SMILES string of the molecule is COC(=O)/C=C1\SC(NC2CCCCC2)=C(C#N)C1=O. The Kier molecular flexibility index (Phi) is 4.85. The van der Waals surface area contributed by atoms with Crippen molar-refractivity contribution < 1.29 is 14.3 Å². The lowest BCUT2D eigenvalue weighted by molar-refractivity contribution is -0.135. The first kappa shape index (κ1) is 14.7. The van der Waals surface area contributed by atoms with Crippen molar-refractivity contribution in [3.05, 3.63) is 21.6 Å². The second-order valence-electron chi connectivity index (χ2n) is 4.76. The van der Waals surface area contributed by atoms with Gasteiger partial charge in [-0.15, -0.1) is 0 Å². The van der Waals surface area contributed by atoms with Gasteiger partial charge in [-0.25, -0.2) is 4.79 Å². The number of nitrogens with one attached hydrogen (secondary N) is 1. The number of nitrogens with zero attached hydrogens (tertiary/aromatic N) is 1. The smallest absolute Gasteiger partial charge is 0.331 e. The fourth-order valence-corrected chi connectivity index (χ4v) is 3.37. The number of esters is 1. The summed E-state index contributed by atoms with van der Waals surface area (Å²) in [5.41, 5.74) is 0.0933. The number of ether oxygens (including phenoxy) is 1. The number of nitriles is 1. The van der Waals surface area contributed by atoms with Gasteiger partial charge in [0, 0.05) is 12.1 Å². The van der Waals surface area contributed by atoms with Gasteiger partial charge in [0.15, 0.2) is 0 Å². The van der Waals surface area contributed by atoms with E-state index in [2.05, 4.69) is 10.1 Å². The van der Waals surface area contributed by atoms with E-state index in [0.717, 1.165) is 43.5 Å². The van der Waals surface area contributed by atoms with Crippen LogP contribution in [-0.2, 0) is 14.3 Å². The third-order valence-corrected chi connectivity index (χ3v) is 4.44. The molecule has 1 aliphatic carbocycles. The number of rotatable bonds is 3. The van der Waals surface area contributed by atoms with Crippen LogP contribution in [0.5, 0.6) is 0 Å². The molecule has 6 heteroatoms. The number of carbonyl (C=O) groups excluding carboxylic acids is 2. The first-order valence-corrected chi connectivity index (χ1v) is 7.40. The molecule has 0 spiro atoms. The van der Waals surface area contributed by atoms with Crippen LogP contribution in [0.25, 0.3) is 0 Å². The topological polar surface area (TPSA) is 79.2 Å². The van der Waals surface area contributed by atoms with E-state index in [4.69, 9.17) is 5.26 Å². The van der Waals surface area contributed by atoms with Gasteiger partial charge in [-0.05, 0) is 12.8 Å². The summed E-state index contributed by atoms with van der Waals surface area (Å²) in [6.45, 7) is 0. The molecule has 0 amide bonds. The van der Waals surface area contributed by atoms with E-state index in [1.807, 2.05) is 6.07 Å². The summed E-state index contributed by atoms with van der Waals surface area (Å²) in [6, 6.07) is 2.23. The van der Waals surface area contributed by atoms with Crippen LogP contribution in [0.3, 0.4) is 0 Å². The molecule has 2 rings (SSSR count). The second kappa shape index (κ2) is 6.62. The zero-order valence-electron chi connectivity index (χ0n) is 11.3. The molecular weight excluding hydrogens is 276 g/mol. The van der Waals surface area contributed by atoms with E-state index in [0.29, 0.717) is 11.1 Å². The Morgan fingerprint density at radius 2 is 2.15 bits per heavy atom. The van der Waals surface area contributed by atoms with Gasteiger partial charge in [-0.2, -0.15) is 5.26 Å². The van der Waals surface area contributed by atoms with Crippen molar-refractivity contribution in [3.63, 3.8) is 0 Å². The van der Waals surface area contributed by atoms with Crippen molar-refractivity contribution in [3.8, 4) is 6.07 Å². The lowest BCUT2D eigenvalue weighted by atomic mass is 9.95. The van der Waals surface area contributed by atoms with E-state index in [9.17, 15) is 9.59 Å². The largest absolute Gasteiger partial charge is 0.466 e. The maximum Gasteiger partial charge on any atom is 0.331 e. The van der Waals surface area contributed by atoms with Crippen molar-refractivity contribution in [2.24, 2.45) is 0 Å².